The molecule has 1 heterocycles. The lowest BCUT2D eigenvalue weighted by Crippen LogP contribution is -2.42. The molecule has 0 unspecified atom stereocenters. The number of hydrogen-bond donors (Lipinski definition) is 0. The van der Waals surface area contributed by atoms with Crippen molar-refractivity contribution in [2.24, 2.45) is 0 Å². The number of methoxy groups -OCH3 is 1. The van der Waals surface area contributed by atoms with Crippen molar-refractivity contribution in [2.45, 2.75) is 13.5 Å². The summed E-state index contributed by atoms with van der Waals surface area (Å²) >= 11 is 0. The Balaban J connectivity index is 1.98. The first kappa shape index (κ1) is 20.9. The Morgan fingerprint density at radius 1 is 1.03 bits per heavy atom. The van der Waals surface area contributed by atoms with Crippen LogP contribution in [-0.2, 0) is 16.1 Å². The SMILES string of the molecule is COc1ccc(CN2C(=O)C(C#N)=C(C)/C(=C\c3ccc(N(C)C)cc3)C2=O)cc1. The predicted molar refractivity (Wildman–Crippen MR) is 116 cm³/mol. The van der Waals surface area contributed by atoms with Crippen LogP contribution in [0.1, 0.15) is 18.1 Å². The third-order valence-electron chi connectivity index (χ3n) is 5.05. The molecule has 3 rings (SSSR count). The fraction of sp³-hybridized carbons (Fsp3) is 0.208. The van der Waals surface area contributed by atoms with Gasteiger partial charge in [0.25, 0.3) is 11.8 Å². The molecule has 2 aromatic rings. The molecule has 1 aliphatic rings. The lowest BCUT2D eigenvalue weighted by atomic mass is 9.93. The fourth-order valence-corrected chi connectivity index (χ4v) is 3.22. The van der Waals surface area contributed by atoms with E-state index in [9.17, 15) is 14.9 Å². The van der Waals surface area contributed by atoms with E-state index in [-0.39, 0.29) is 12.1 Å². The van der Waals surface area contributed by atoms with E-state index in [0.29, 0.717) is 16.9 Å². The van der Waals surface area contributed by atoms with E-state index in [1.807, 2.05) is 49.3 Å². The molecule has 2 amide bonds. The molecule has 0 atom stereocenters. The van der Waals surface area contributed by atoms with Gasteiger partial charge in [-0.1, -0.05) is 24.3 Å². The van der Waals surface area contributed by atoms with Gasteiger partial charge in [0.1, 0.15) is 17.4 Å². The third-order valence-corrected chi connectivity index (χ3v) is 5.05. The van der Waals surface area contributed by atoms with Crippen molar-refractivity contribution in [2.75, 3.05) is 26.1 Å². The van der Waals surface area contributed by atoms with Gasteiger partial charge in [-0.2, -0.15) is 5.26 Å². The second kappa shape index (κ2) is 8.66. The van der Waals surface area contributed by atoms with Crippen molar-refractivity contribution in [1.82, 2.24) is 4.90 Å². The van der Waals surface area contributed by atoms with Crippen LogP contribution in [0.2, 0.25) is 0 Å². The molecule has 0 spiro atoms. The van der Waals surface area contributed by atoms with Crippen LogP contribution >= 0.6 is 0 Å². The second-order valence-electron chi connectivity index (χ2n) is 7.20. The number of nitrogens with zero attached hydrogens (tertiary/aromatic N) is 3. The van der Waals surface area contributed by atoms with Gasteiger partial charge in [-0.05, 0) is 54.0 Å². The van der Waals surface area contributed by atoms with Crippen LogP contribution < -0.4 is 9.64 Å². The minimum absolute atomic E-state index is 0.0146. The van der Waals surface area contributed by atoms with Crippen molar-refractivity contribution >= 4 is 23.6 Å². The summed E-state index contributed by atoms with van der Waals surface area (Å²) in [7, 11) is 5.47. The molecule has 152 valence electrons. The van der Waals surface area contributed by atoms with E-state index in [1.54, 1.807) is 44.4 Å². The van der Waals surface area contributed by atoms with Crippen molar-refractivity contribution in [3.8, 4) is 11.8 Å². The molecular weight excluding hydrogens is 378 g/mol. The zero-order valence-corrected chi connectivity index (χ0v) is 17.5. The number of amides is 2. The summed E-state index contributed by atoms with van der Waals surface area (Å²) in [5.74, 6) is -0.301. The molecule has 0 saturated heterocycles. The predicted octanol–water partition coefficient (Wildman–Crippen LogP) is 3.55. The van der Waals surface area contributed by atoms with E-state index in [2.05, 4.69) is 0 Å². The number of benzene rings is 2. The van der Waals surface area contributed by atoms with Gasteiger partial charge in [-0.15, -0.1) is 0 Å². The van der Waals surface area contributed by atoms with Crippen LogP contribution in [0.5, 0.6) is 5.75 Å². The number of anilines is 1. The van der Waals surface area contributed by atoms with Crippen molar-refractivity contribution in [3.63, 3.8) is 0 Å². The summed E-state index contributed by atoms with van der Waals surface area (Å²) in [5.41, 5.74) is 3.35. The first-order valence-corrected chi connectivity index (χ1v) is 9.45. The fourth-order valence-electron chi connectivity index (χ4n) is 3.22. The Bertz CT molecular complexity index is 1070. The maximum Gasteiger partial charge on any atom is 0.271 e. The molecule has 0 bridgehead atoms. The highest BCUT2D eigenvalue weighted by molar-refractivity contribution is 6.19. The van der Waals surface area contributed by atoms with E-state index in [4.69, 9.17) is 4.74 Å². The maximum absolute atomic E-state index is 13.2. The highest BCUT2D eigenvalue weighted by Crippen LogP contribution is 2.28. The number of carbonyl (C=O) groups excluding carboxylic acids is 2. The normalized spacial score (nSPS) is 15.4. The van der Waals surface area contributed by atoms with Gasteiger partial charge in [-0.3, -0.25) is 14.5 Å². The Hall–Kier alpha value is -3.85. The highest BCUT2D eigenvalue weighted by Gasteiger charge is 2.35. The van der Waals surface area contributed by atoms with Gasteiger partial charge in [0.2, 0.25) is 0 Å². The summed E-state index contributed by atoms with van der Waals surface area (Å²) in [6, 6.07) is 16.8. The Kier molecular flexibility index (Phi) is 6.03. The summed E-state index contributed by atoms with van der Waals surface area (Å²) in [4.78, 5) is 29.1. The summed E-state index contributed by atoms with van der Waals surface area (Å²) < 4.78 is 5.15. The lowest BCUT2D eigenvalue weighted by Gasteiger charge is -2.27. The summed E-state index contributed by atoms with van der Waals surface area (Å²) in [6.45, 7) is 1.72. The molecule has 6 heteroatoms. The molecule has 0 fully saturated rings. The number of nitriles is 1. The van der Waals surface area contributed by atoms with Gasteiger partial charge in [0.05, 0.1) is 13.7 Å². The van der Waals surface area contributed by atoms with Crippen molar-refractivity contribution < 1.29 is 14.3 Å². The van der Waals surface area contributed by atoms with Crippen LogP contribution in [0.25, 0.3) is 6.08 Å². The van der Waals surface area contributed by atoms with Crippen LogP contribution in [0.15, 0.2) is 65.3 Å². The zero-order chi connectivity index (χ0) is 21.8. The molecular formula is C24H23N3O3. The molecule has 0 saturated carbocycles. The first-order valence-electron chi connectivity index (χ1n) is 9.45. The van der Waals surface area contributed by atoms with Gasteiger partial charge >= 0.3 is 0 Å². The van der Waals surface area contributed by atoms with E-state index < -0.39 is 11.8 Å². The minimum Gasteiger partial charge on any atom is -0.497 e. The zero-order valence-electron chi connectivity index (χ0n) is 17.5. The maximum atomic E-state index is 13.2. The van der Waals surface area contributed by atoms with Gasteiger partial charge in [-0.25, -0.2) is 0 Å². The molecule has 30 heavy (non-hydrogen) atoms. The first-order chi connectivity index (χ1) is 14.3. The van der Waals surface area contributed by atoms with Gasteiger partial charge < -0.3 is 9.64 Å². The van der Waals surface area contributed by atoms with Crippen LogP contribution in [0, 0.1) is 11.3 Å². The van der Waals surface area contributed by atoms with Crippen LogP contribution in [0.3, 0.4) is 0 Å². The Morgan fingerprint density at radius 3 is 2.20 bits per heavy atom. The molecule has 0 aromatic heterocycles. The molecule has 1 aliphatic heterocycles. The van der Waals surface area contributed by atoms with Crippen LogP contribution in [0.4, 0.5) is 5.69 Å². The Morgan fingerprint density at radius 2 is 1.67 bits per heavy atom. The Labute approximate surface area is 176 Å². The second-order valence-corrected chi connectivity index (χ2v) is 7.20. The van der Waals surface area contributed by atoms with E-state index in [1.165, 1.54) is 0 Å². The topological polar surface area (TPSA) is 73.6 Å². The molecule has 2 aromatic carbocycles. The average molecular weight is 401 g/mol. The largest absolute Gasteiger partial charge is 0.497 e. The molecule has 6 nitrogen and oxygen atoms in total. The van der Waals surface area contributed by atoms with Gasteiger partial charge in [0.15, 0.2) is 0 Å². The number of ether oxygens (including phenoxy) is 1. The quantitative estimate of drug-likeness (QED) is 0.566. The highest BCUT2D eigenvalue weighted by atomic mass is 16.5. The third kappa shape index (κ3) is 4.11. The van der Waals surface area contributed by atoms with E-state index in [0.717, 1.165) is 21.7 Å². The lowest BCUT2D eigenvalue weighted by molar-refractivity contribution is -0.141. The standard InChI is InChI=1S/C24H23N3O3/c1-16-21(13-17-5-9-19(10-6-17)26(2)3)23(28)27(24(29)22(16)14-25)15-18-7-11-20(30-4)12-8-18/h5-13H,15H2,1-4H3/b21-13+. The average Bonchev–Trinajstić information content (AvgIpc) is 2.75. The minimum atomic E-state index is -0.573. The number of rotatable bonds is 5. The number of hydrogen-bond acceptors (Lipinski definition) is 5. The van der Waals surface area contributed by atoms with Crippen molar-refractivity contribution in [1.29, 1.82) is 5.26 Å². The van der Waals surface area contributed by atoms with E-state index >= 15 is 0 Å². The smallest absolute Gasteiger partial charge is 0.271 e. The van der Waals surface area contributed by atoms with Crippen molar-refractivity contribution in [3.05, 3.63) is 76.4 Å². The molecule has 0 aliphatic carbocycles. The van der Waals surface area contributed by atoms with Crippen LogP contribution in [-0.4, -0.2) is 37.9 Å². The van der Waals surface area contributed by atoms with Gasteiger partial charge in [0, 0.05) is 25.4 Å². The molecule has 0 radical (unpaired) electrons. The summed E-state index contributed by atoms with van der Waals surface area (Å²) in [6.07, 6.45) is 1.72. The monoisotopic (exact) mass is 401 g/mol. The summed E-state index contributed by atoms with van der Waals surface area (Å²) in [5, 5.41) is 9.54. The number of imide groups is 1. The molecule has 0 N–H and O–H groups in total. The number of carbonyl (C=O) groups is 2.